The van der Waals surface area contributed by atoms with Crippen molar-refractivity contribution in [2.24, 2.45) is 22.7 Å². The molecule has 3 unspecified atom stereocenters. The second kappa shape index (κ2) is 1.94. The quantitative estimate of drug-likeness (QED) is 0.481. The molecule has 0 spiro atoms. The van der Waals surface area contributed by atoms with Gasteiger partial charge in [0.25, 0.3) is 0 Å². The number of hydrogen-bond acceptors (Lipinski definition) is 1. The molecule has 0 saturated heterocycles. The fraction of sp³-hybridized carbons (Fsp3) is 0.667. The fourth-order valence-corrected chi connectivity index (χ4v) is 2.03. The summed E-state index contributed by atoms with van der Waals surface area (Å²) in [4.78, 5) is 4.42. The largest absolute Gasteiger partial charge is 0.289 e. The summed E-state index contributed by atoms with van der Waals surface area (Å²) in [6.45, 7) is 4.61. The molecule has 0 N–H and O–H groups in total. The second-order valence-corrected chi connectivity index (χ2v) is 3.47. The summed E-state index contributed by atoms with van der Waals surface area (Å²) in [7, 11) is 0. The highest BCUT2D eigenvalue weighted by atomic mass is 14.8. The maximum Gasteiger partial charge on any atom is 0.0593 e. The van der Waals surface area contributed by atoms with E-state index in [1.165, 1.54) is 0 Å². The van der Waals surface area contributed by atoms with Crippen molar-refractivity contribution in [1.29, 1.82) is 0 Å². The molecular weight excluding hydrogens is 122 g/mol. The van der Waals surface area contributed by atoms with Gasteiger partial charge in [-0.3, -0.25) is 4.99 Å². The Morgan fingerprint density at radius 2 is 2.00 bits per heavy atom. The molecule has 0 aromatic rings. The van der Waals surface area contributed by atoms with Crippen molar-refractivity contribution >= 4 is 6.21 Å². The van der Waals surface area contributed by atoms with Crippen molar-refractivity contribution in [3.63, 3.8) is 0 Å². The third kappa shape index (κ3) is 0.606. The zero-order valence-electron chi connectivity index (χ0n) is 6.49. The number of fused-ring (bicyclic) bond motifs is 1. The van der Waals surface area contributed by atoms with E-state index in [0.717, 1.165) is 17.8 Å². The van der Waals surface area contributed by atoms with Crippen LogP contribution in [0.3, 0.4) is 0 Å². The van der Waals surface area contributed by atoms with E-state index in [2.05, 4.69) is 31.0 Å². The van der Waals surface area contributed by atoms with Gasteiger partial charge in [-0.05, 0) is 17.9 Å². The first-order chi connectivity index (χ1) is 4.80. The minimum Gasteiger partial charge on any atom is -0.289 e. The van der Waals surface area contributed by atoms with Crippen LogP contribution in [-0.2, 0) is 0 Å². The van der Waals surface area contributed by atoms with Crippen LogP contribution in [0.2, 0.25) is 0 Å². The highest BCUT2D eigenvalue weighted by molar-refractivity contribution is 5.72. The van der Waals surface area contributed by atoms with Gasteiger partial charge in [-0.1, -0.05) is 19.9 Å². The van der Waals surface area contributed by atoms with Gasteiger partial charge in [0, 0.05) is 12.1 Å². The molecule has 1 heterocycles. The van der Waals surface area contributed by atoms with E-state index in [9.17, 15) is 0 Å². The van der Waals surface area contributed by atoms with Crippen LogP contribution in [0.25, 0.3) is 0 Å². The first-order valence-corrected chi connectivity index (χ1v) is 4.00. The van der Waals surface area contributed by atoms with Gasteiger partial charge in [-0.2, -0.15) is 0 Å². The Kier molecular flexibility index (Phi) is 1.19. The molecule has 0 aromatic heterocycles. The predicted molar refractivity (Wildman–Crippen MR) is 43.2 cm³/mol. The highest BCUT2D eigenvalue weighted by Gasteiger charge is 2.43. The lowest BCUT2D eigenvalue weighted by molar-refractivity contribution is 0.104. The molecule has 2 aliphatic rings. The van der Waals surface area contributed by atoms with Crippen LogP contribution in [0.4, 0.5) is 0 Å². The summed E-state index contributed by atoms with van der Waals surface area (Å²) in [5, 5.41) is 0. The minimum absolute atomic E-state index is 0.611. The molecule has 0 aromatic carbocycles. The van der Waals surface area contributed by atoms with Gasteiger partial charge in [-0.25, -0.2) is 0 Å². The van der Waals surface area contributed by atoms with Crippen LogP contribution in [0.15, 0.2) is 17.1 Å². The van der Waals surface area contributed by atoms with Gasteiger partial charge >= 0.3 is 0 Å². The average Bonchev–Trinajstić information content (AvgIpc) is 2.03. The monoisotopic (exact) mass is 135 g/mol. The molecule has 1 aliphatic carbocycles. The summed E-state index contributed by atoms with van der Waals surface area (Å²) in [5.74, 6) is 2.39. The van der Waals surface area contributed by atoms with Crippen molar-refractivity contribution in [1.82, 2.24) is 0 Å². The first kappa shape index (κ1) is 6.14. The van der Waals surface area contributed by atoms with Gasteiger partial charge in [0.2, 0.25) is 0 Å². The normalized spacial score (nSPS) is 50.2. The molecule has 1 heteroatoms. The maximum atomic E-state index is 4.42. The van der Waals surface area contributed by atoms with Crippen LogP contribution >= 0.6 is 0 Å². The smallest absolute Gasteiger partial charge is 0.0593 e. The lowest BCUT2D eigenvalue weighted by Crippen LogP contribution is -2.47. The molecule has 4 atom stereocenters. The Morgan fingerprint density at radius 1 is 1.20 bits per heavy atom. The zero-order chi connectivity index (χ0) is 7.14. The number of aliphatic imine (C=N–C) groups is 1. The number of hydrogen-bond donors (Lipinski definition) is 0. The zero-order valence-corrected chi connectivity index (χ0v) is 6.49. The molecule has 10 heavy (non-hydrogen) atoms. The number of allylic oxidation sites excluding steroid dienone is 1. The summed E-state index contributed by atoms with van der Waals surface area (Å²) >= 11 is 0. The SMILES string of the molecule is CC1C(C)[C@@H]2C=CC=NC12. The minimum atomic E-state index is 0.611. The van der Waals surface area contributed by atoms with Gasteiger partial charge in [0.15, 0.2) is 0 Å². The Hall–Kier alpha value is -0.590. The molecule has 0 radical (unpaired) electrons. The molecule has 1 fully saturated rings. The lowest BCUT2D eigenvalue weighted by Gasteiger charge is -2.46. The van der Waals surface area contributed by atoms with Crippen molar-refractivity contribution in [2.75, 3.05) is 0 Å². The Morgan fingerprint density at radius 3 is 2.70 bits per heavy atom. The van der Waals surface area contributed by atoms with Crippen LogP contribution in [0.5, 0.6) is 0 Å². The van der Waals surface area contributed by atoms with Crippen molar-refractivity contribution in [2.45, 2.75) is 19.9 Å². The summed E-state index contributed by atoms with van der Waals surface area (Å²) in [6, 6.07) is 0.611. The van der Waals surface area contributed by atoms with Gasteiger partial charge in [0.1, 0.15) is 0 Å². The average molecular weight is 135 g/mol. The number of nitrogens with zero attached hydrogens (tertiary/aromatic N) is 1. The summed E-state index contributed by atoms with van der Waals surface area (Å²) < 4.78 is 0. The first-order valence-electron chi connectivity index (χ1n) is 4.00. The molecule has 1 aliphatic heterocycles. The summed E-state index contributed by atoms with van der Waals surface area (Å²) in [5.41, 5.74) is 0. The second-order valence-electron chi connectivity index (χ2n) is 3.47. The lowest BCUT2D eigenvalue weighted by atomic mass is 9.62. The molecule has 1 saturated carbocycles. The molecule has 54 valence electrons. The van der Waals surface area contributed by atoms with Crippen LogP contribution in [0, 0.1) is 17.8 Å². The van der Waals surface area contributed by atoms with Gasteiger partial charge in [-0.15, -0.1) is 0 Å². The molecule has 2 rings (SSSR count). The van der Waals surface area contributed by atoms with Crippen molar-refractivity contribution < 1.29 is 0 Å². The van der Waals surface area contributed by atoms with Crippen LogP contribution in [-0.4, -0.2) is 12.3 Å². The van der Waals surface area contributed by atoms with Crippen molar-refractivity contribution in [3.8, 4) is 0 Å². The van der Waals surface area contributed by atoms with E-state index >= 15 is 0 Å². The van der Waals surface area contributed by atoms with E-state index < -0.39 is 0 Å². The third-order valence-corrected chi connectivity index (χ3v) is 3.05. The van der Waals surface area contributed by atoms with Crippen LogP contribution < -0.4 is 0 Å². The van der Waals surface area contributed by atoms with Gasteiger partial charge in [0.05, 0.1) is 6.04 Å². The number of dihydropyridines is 1. The standard InChI is InChI=1S/C9H13N/c1-6-7(2)9-8(6)4-3-5-10-9/h3-9H,1-2H3/t6?,7?,8-,9?/m0/s1. The number of rotatable bonds is 0. The third-order valence-electron chi connectivity index (χ3n) is 3.05. The van der Waals surface area contributed by atoms with E-state index in [1.807, 2.05) is 6.21 Å². The van der Waals surface area contributed by atoms with E-state index in [0.29, 0.717) is 6.04 Å². The van der Waals surface area contributed by atoms with Crippen molar-refractivity contribution in [3.05, 3.63) is 12.2 Å². The Bertz CT molecular complexity index is 171. The Labute approximate surface area is 61.9 Å². The molecule has 1 nitrogen and oxygen atoms in total. The van der Waals surface area contributed by atoms with E-state index in [4.69, 9.17) is 0 Å². The Balaban J connectivity index is 2.17. The maximum absolute atomic E-state index is 4.42. The molecular formula is C9H13N. The highest BCUT2D eigenvalue weighted by Crippen LogP contribution is 2.43. The van der Waals surface area contributed by atoms with E-state index in [-0.39, 0.29) is 0 Å². The topological polar surface area (TPSA) is 12.4 Å². The fourth-order valence-electron chi connectivity index (χ4n) is 2.03. The van der Waals surface area contributed by atoms with E-state index in [1.54, 1.807) is 0 Å². The molecule has 0 bridgehead atoms. The molecule has 0 amide bonds. The van der Waals surface area contributed by atoms with Gasteiger partial charge < -0.3 is 0 Å². The summed E-state index contributed by atoms with van der Waals surface area (Å²) in [6.07, 6.45) is 6.30. The van der Waals surface area contributed by atoms with Crippen LogP contribution in [0.1, 0.15) is 13.8 Å². The predicted octanol–water partition coefficient (Wildman–Crippen LogP) is 1.90.